The molecule has 1 saturated heterocycles. The maximum absolute atomic E-state index is 12.3. The number of carbonyl (C=O) groups excluding carboxylic acids is 1. The van der Waals surface area contributed by atoms with Gasteiger partial charge in [0.1, 0.15) is 17.0 Å². The van der Waals surface area contributed by atoms with Crippen LogP contribution in [0, 0.1) is 13.8 Å². The normalized spacial score (nSPS) is 20.4. The summed E-state index contributed by atoms with van der Waals surface area (Å²) in [5.74, 6) is 0.740. The van der Waals surface area contributed by atoms with Gasteiger partial charge in [0.05, 0.1) is 25.8 Å². The lowest BCUT2D eigenvalue weighted by Crippen LogP contribution is -2.35. The Morgan fingerprint density at radius 2 is 2.25 bits per heavy atom. The van der Waals surface area contributed by atoms with E-state index in [-0.39, 0.29) is 18.9 Å². The number of H-pyrrole nitrogens is 1. The highest BCUT2D eigenvalue weighted by atomic mass is 16.5. The minimum atomic E-state index is -1.11. The second-order valence-electron chi connectivity index (χ2n) is 6.30. The summed E-state index contributed by atoms with van der Waals surface area (Å²) in [7, 11) is 0. The first-order valence-electron chi connectivity index (χ1n) is 8.04. The molecule has 1 atom stereocenters. The molecule has 1 amide bonds. The van der Waals surface area contributed by atoms with Crippen molar-refractivity contribution in [2.45, 2.75) is 32.3 Å². The Hall–Kier alpha value is -2.41. The van der Waals surface area contributed by atoms with Crippen molar-refractivity contribution >= 4 is 5.91 Å². The van der Waals surface area contributed by atoms with Crippen molar-refractivity contribution in [3.8, 4) is 5.75 Å². The largest absolute Gasteiger partial charge is 0.493 e. The first-order valence-corrected chi connectivity index (χ1v) is 8.04. The Balaban J connectivity index is 1.50. The van der Waals surface area contributed by atoms with Crippen LogP contribution in [0.25, 0.3) is 0 Å². The predicted molar refractivity (Wildman–Crippen MR) is 87.5 cm³/mol. The van der Waals surface area contributed by atoms with E-state index in [1.54, 1.807) is 4.90 Å². The van der Waals surface area contributed by atoms with Crippen molar-refractivity contribution in [3.05, 3.63) is 41.2 Å². The summed E-state index contributed by atoms with van der Waals surface area (Å²) in [4.78, 5) is 14.0. The first-order chi connectivity index (χ1) is 11.5. The average Bonchev–Trinajstić information content (AvgIpc) is 3.21. The molecule has 1 unspecified atom stereocenters. The number of nitrogens with zero attached hydrogens (tertiary/aromatic N) is 3. The molecule has 0 saturated carbocycles. The highest BCUT2D eigenvalue weighted by Gasteiger charge is 2.41. The molecule has 7 heteroatoms. The van der Waals surface area contributed by atoms with Gasteiger partial charge in [-0.15, -0.1) is 0 Å². The third kappa shape index (κ3) is 3.41. The molecule has 0 radical (unpaired) electrons. The second-order valence-corrected chi connectivity index (χ2v) is 6.30. The van der Waals surface area contributed by atoms with E-state index in [0.29, 0.717) is 25.3 Å². The molecule has 2 N–H and O–H groups in total. The van der Waals surface area contributed by atoms with Gasteiger partial charge in [-0.3, -0.25) is 4.79 Å². The molecule has 7 nitrogen and oxygen atoms in total. The number of ether oxygens (including phenoxy) is 1. The monoisotopic (exact) mass is 330 g/mol. The van der Waals surface area contributed by atoms with Crippen molar-refractivity contribution in [3.63, 3.8) is 0 Å². The van der Waals surface area contributed by atoms with Crippen LogP contribution in [0.3, 0.4) is 0 Å². The molecule has 24 heavy (non-hydrogen) atoms. The highest BCUT2D eigenvalue weighted by Crippen LogP contribution is 2.30. The Morgan fingerprint density at radius 3 is 2.96 bits per heavy atom. The van der Waals surface area contributed by atoms with Crippen molar-refractivity contribution in [2.24, 2.45) is 0 Å². The molecule has 1 aliphatic rings. The smallest absolute Gasteiger partial charge is 0.226 e. The quantitative estimate of drug-likeness (QED) is 0.862. The van der Waals surface area contributed by atoms with Crippen LogP contribution in [0.1, 0.15) is 29.7 Å². The summed E-state index contributed by atoms with van der Waals surface area (Å²) in [5.41, 5.74) is 1.74. The van der Waals surface area contributed by atoms with E-state index in [9.17, 15) is 9.90 Å². The molecule has 128 valence electrons. The van der Waals surface area contributed by atoms with Gasteiger partial charge in [-0.2, -0.15) is 15.4 Å². The van der Waals surface area contributed by atoms with Crippen LogP contribution in [0.5, 0.6) is 5.75 Å². The number of hydrogen-bond acceptors (Lipinski definition) is 5. The Kier molecular flexibility index (Phi) is 4.53. The topological polar surface area (TPSA) is 91.3 Å². The Morgan fingerprint density at radius 1 is 1.42 bits per heavy atom. The summed E-state index contributed by atoms with van der Waals surface area (Å²) in [5, 5.41) is 20.7. The molecule has 3 rings (SSSR count). The summed E-state index contributed by atoms with van der Waals surface area (Å²) in [6, 6.07) is 5.88. The number of β-amino-alcohol motifs (C(OH)–C–C–N with tert-alkyl or cyclic N) is 1. The number of amides is 1. The number of aromatic amines is 1. The van der Waals surface area contributed by atoms with Crippen LogP contribution in [0.2, 0.25) is 0 Å². The second kappa shape index (κ2) is 6.60. The van der Waals surface area contributed by atoms with Crippen molar-refractivity contribution < 1.29 is 14.6 Å². The summed E-state index contributed by atoms with van der Waals surface area (Å²) in [6.07, 6.45) is 2.24. The Labute approximate surface area is 140 Å². The van der Waals surface area contributed by atoms with Crippen molar-refractivity contribution in [1.29, 1.82) is 0 Å². The molecule has 1 aromatic heterocycles. The van der Waals surface area contributed by atoms with Crippen LogP contribution in [-0.4, -0.2) is 51.0 Å². The van der Waals surface area contributed by atoms with Gasteiger partial charge in [0.15, 0.2) is 0 Å². The first kappa shape index (κ1) is 16.4. The number of aromatic nitrogens is 3. The molecule has 0 bridgehead atoms. The van der Waals surface area contributed by atoms with Gasteiger partial charge in [-0.1, -0.05) is 6.07 Å². The van der Waals surface area contributed by atoms with E-state index >= 15 is 0 Å². The maximum atomic E-state index is 12.3. The van der Waals surface area contributed by atoms with Crippen LogP contribution < -0.4 is 4.74 Å². The molecular formula is C17H22N4O3. The molecule has 2 heterocycles. The van der Waals surface area contributed by atoms with E-state index in [2.05, 4.69) is 15.4 Å². The van der Waals surface area contributed by atoms with Gasteiger partial charge >= 0.3 is 0 Å². The standard InChI is InChI=1S/C17H22N4O3/c1-12-3-4-14(9-13(12)2)24-8-5-16(22)21-7-6-17(23,11-21)15-10-18-20-19-15/h3-4,9-10,23H,5-8,11H2,1-2H3,(H,18,19,20). The fraction of sp³-hybridized carbons (Fsp3) is 0.471. The van der Waals surface area contributed by atoms with Gasteiger partial charge < -0.3 is 14.7 Å². The number of likely N-dealkylation sites (tertiary alicyclic amines) is 1. The van der Waals surface area contributed by atoms with Gasteiger partial charge in [-0.05, 0) is 37.1 Å². The highest BCUT2D eigenvalue weighted by molar-refractivity contribution is 5.76. The van der Waals surface area contributed by atoms with Crippen LogP contribution in [-0.2, 0) is 10.4 Å². The number of aliphatic hydroxyl groups is 1. The number of rotatable bonds is 5. The van der Waals surface area contributed by atoms with Crippen molar-refractivity contribution in [2.75, 3.05) is 19.7 Å². The summed E-state index contributed by atoms with van der Waals surface area (Å²) in [6.45, 7) is 5.14. The Bertz CT molecular complexity index is 717. The van der Waals surface area contributed by atoms with E-state index in [0.717, 1.165) is 11.3 Å². The average molecular weight is 330 g/mol. The molecule has 1 fully saturated rings. The molecule has 2 aromatic rings. The van der Waals surface area contributed by atoms with Crippen molar-refractivity contribution in [1.82, 2.24) is 20.3 Å². The number of nitrogens with one attached hydrogen (secondary N) is 1. The van der Waals surface area contributed by atoms with Gasteiger partial charge in [-0.25, -0.2) is 0 Å². The number of carbonyl (C=O) groups is 1. The third-order valence-corrected chi connectivity index (χ3v) is 4.56. The molecule has 0 aliphatic carbocycles. The van der Waals surface area contributed by atoms with Crippen LogP contribution in [0.15, 0.2) is 24.4 Å². The minimum Gasteiger partial charge on any atom is -0.493 e. The summed E-state index contributed by atoms with van der Waals surface area (Å²) >= 11 is 0. The molecule has 1 aliphatic heterocycles. The van der Waals surface area contributed by atoms with E-state index in [1.807, 2.05) is 32.0 Å². The lowest BCUT2D eigenvalue weighted by atomic mass is 10.0. The predicted octanol–water partition coefficient (Wildman–Crippen LogP) is 1.31. The fourth-order valence-electron chi connectivity index (χ4n) is 2.86. The van der Waals surface area contributed by atoms with Gasteiger partial charge in [0.25, 0.3) is 0 Å². The number of aryl methyl sites for hydroxylation is 2. The van der Waals surface area contributed by atoms with Crippen LogP contribution >= 0.6 is 0 Å². The lowest BCUT2D eigenvalue weighted by molar-refractivity contribution is -0.131. The zero-order valence-corrected chi connectivity index (χ0v) is 14.0. The van der Waals surface area contributed by atoms with Gasteiger partial charge in [0, 0.05) is 13.0 Å². The maximum Gasteiger partial charge on any atom is 0.226 e. The minimum absolute atomic E-state index is 0.0294. The third-order valence-electron chi connectivity index (χ3n) is 4.56. The lowest BCUT2D eigenvalue weighted by Gasteiger charge is -2.21. The zero-order chi connectivity index (χ0) is 17.2. The fourth-order valence-corrected chi connectivity index (χ4v) is 2.86. The SMILES string of the molecule is Cc1ccc(OCCC(=O)N2CCC(O)(c3cn[nH]n3)C2)cc1C. The van der Waals surface area contributed by atoms with Gasteiger partial charge in [0.2, 0.25) is 5.91 Å². The van der Waals surface area contributed by atoms with E-state index < -0.39 is 5.60 Å². The summed E-state index contributed by atoms with van der Waals surface area (Å²) < 4.78 is 5.66. The zero-order valence-electron chi connectivity index (χ0n) is 14.0. The molecule has 0 spiro atoms. The van der Waals surface area contributed by atoms with E-state index in [4.69, 9.17) is 4.74 Å². The number of benzene rings is 1. The van der Waals surface area contributed by atoms with Crippen LogP contribution in [0.4, 0.5) is 0 Å². The molecular weight excluding hydrogens is 308 g/mol. The molecule has 1 aromatic carbocycles. The number of hydrogen-bond donors (Lipinski definition) is 2. The van der Waals surface area contributed by atoms with E-state index in [1.165, 1.54) is 11.8 Å².